The second kappa shape index (κ2) is 7.09. The van der Waals surface area contributed by atoms with Gasteiger partial charge in [-0.3, -0.25) is 4.79 Å². The van der Waals surface area contributed by atoms with Crippen molar-refractivity contribution in [2.24, 2.45) is 0 Å². The van der Waals surface area contributed by atoms with Gasteiger partial charge in [0.25, 0.3) is 5.91 Å². The van der Waals surface area contributed by atoms with E-state index in [2.05, 4.69) is 32.5 Å². The average Bonchev–Trinajstić information content (AvgIpc) is 3.09. The van der Waals surface area contributed by atoms with Crippen molar-refractivity contribution >= 4 is 50.7 Å². The van der Waals surface area contributed by atoms with Crippen LogP contribution in [-0.4, -0.2) is 53.0 Å². The highest BCUT2D eigenvalue weighted by molar-refractivity contribution is 7.21. The molecule has 5 heterocycles. The van der Waals surface area contributed by atoms with Gasteiger partial charge in [0.15, 0.2) is 0 Å². The maximum Gasteiger partial charge on any atom is 0.332 e. The Balaban J connectivity index is 1.54. The molecule has 2 N–H and O–H groups in total. The fourth-order valence-corrected chi connectivity index (χ4v) is 5.02. The smallest absolute Gasteiger partial charge is 0.332 e. The monoisotopic (exact) mass is 408 g/mol. The summed E-state index contributed by atoms with van der Waals surface area (Å²) in [6.45, 7) is 1.88. The Morgan fingerprint density at radius 1 is 1.28 bits per heavy atom. The third-order valence-corrected chi connectivity index (χ3v) is 6.39. The number of anilines is 3. The number of rotatable bonds is 3. The lowest BCUT2D eigenvalue weighted by Gasteiger charge is -2.30. The zero-order valence-electron chi connectivity index (χ0n) is 15.9. The molecule has 0 aromatic carbocycles. The molecule has 8 nitrogen and oxygen atoms in total. The van der Waals surface area contributed by atoms with Crippen molar-refractivity contribution in [3.8, 4) is 0 Å². The number of amides is 3. The van der Waals surface area contributed by atoms with Crippen LogP contribution >= 0.6 is 11.3 Å². The van der Waals surface area contributed by atoms with Gasteiger partial charge >= 0.3 is 6.03 Å². The predicted octanol–water partition coefficient (Wildman–Crippen LogP) is 3.20. The summed E-state index contributed by atoms with van der Waals surface area (Å²) in [4.78, 5) is 39.6. The number of hydrogen-bond donors (Lipinski definition) is 2. The van der Waals surface area contributed by atoms with Crippen LogP contribution in [0.15, 0.2) is 36.7 Å². The van der Waals surface area contributed by atoms with Crippen molar-refractivity contribution in [3.05, 3.63) is 41.5 Å². The molecule has 2 aliphatic heterocycles. The molecule has 0 aliphatic carbocycles. The summed E-state index contributed by atoms with van der Waals surface area (Å²) in [6.07, 6.45) is 5.32. The molecule has 0 bridgehead atoms. The summed E-state index contributed by atoms with van der Waals surface area (Å²) in [5.74, 6) is 0.353. The van der Waals surface area contributed by atoms with Gasteiger partial charge < -0.3 is 15.5 Å². The first-order valence-corrected chi connectivity index (χ1v) is 10.4. The first-order chi connectivity index (χ1) is 14.1. The molecular formula is C20H20N6O2S. The molecule has 1 atom stereocenters. The van der Waals surface area contributed by atoms with Crippen LogP contribution in [0.1, 0.15) is 22.5 Å². The third kappa shape index (κ3) is 3.12. The Kier molecular flexibility index (Phi) is 4.40. The summed E-state index contributed by atoms with van der Waals surface area (Å²) in [6, 6.07) is 6.95. The minimum atomic E-state index is -0.339. The van der Waals surface area contributed by atoms with Crippen LogP contribution in [0.3, 0.4) is 0 Å². The lowest BCUT2D eigenvalue weighted by Crippen LogP contribution is -2.46. The highest BCUT2D eigenvalue weighted by atomic mass is 32.1. The number of likely N-dealkylation sites (tertiary alicyclic amines) is 1. The molecule has 148 valence electrons. The number of piperidine rings is 1. The fraction of sp³-hybridized carbons (Fsp3) is 0.300. The fourth-order valence-electron chi connectivity index (χ4n) is 3.99. The lowest BCUT2D eigenvalue weighted by atomic mass is 10.1. The Hall–Kier alpha value is -3.04. The van der Waals surface area contributed by atoms with E-state index in [0.717, 1.165) is 31.3 Å². The molecule has 0 unspecified atom stereocenters. The molecule has 0 saturated carbocycles. The van der Waals surface area contributed by atoms with Crippen LogP contribution in [0.25, 0.3) is 10.2 Å². The van der Waals surface area contributed by atoms with Gasteiger partial charge in [0.1, 0.15) is 15.5 Å². The highest BCUT2D eigenvalue weighted by Gasteiger charge is 2.33. The SMILES string of the molecule is CN1CCC[C@@H](NC(=O)c2sc3nccc4c3c2NC(=O)N4c2ccccn2)C1. The van der Waals surface area contributed by atoms with Gasteiger partial charge in [-0.25, -0.2) is 19.7 Å². The zero-order chi connectivity index (χ0) is 20.0. The van der Waals surface area contributed by atoms with Gasteiger partial charge in [0.2, 0.25) is 0 Å². The van der Waals surface area contributed by atoms with E-state index >= 15 is 0 Å². The van der Waals surface area contributed by atoms with Gasteiger partial charge in [0.05, 0.1) is 16.8 Å². The summed E-state index contributed by atoms with van der Waals surface area (Å²) in [5, 5.41) is 6.79. The summed E-state index contributed by atoms with van der Waals surface area (Å²) in [7, 11) is 2.06. The minimum Gasteiger partial charge on any atom is -0.347 e. The second-order valence-electron chi connectivity index (χ2n) is 7.34. The lowest BCUT2D eigenvalue weighted by molar-refractivity contribution is 0.0917. The van der Waals surface area contributed by atoms with Gasteiger partial charge in [-0.1, -0.05) is 6.07 Å². The molecule has 1 fully saturated rings. The van der Waals surface area contributed by atoms with Gasteiger partial charge in [-0.2, -0.15) is 0 Å². The number of carbonyl (C=O) groups is 2. The Labute approximate surface area is 171 Å². The zero-order valence-corrected chi connectivity index (χ0v) is 16.7. The maximum atomic E-state index is 13.0. The van der Waals surface area contributed by atoms with Crippen LogP contribution in [0.5, 0.6) is 0 Å². The quantitative estimate of drug-likeness (QED) is 0.695. The third-order valence-electron chi connectivity index (χ3n) is 5.29. The van der Waals surface area contributed by atoms with Crippen molar-refractivity contribution in [2.75, 3.05) is 30.4 Å². The topological polar surface area (TPSA) is 90.5 Å². The normalized spacial score (nSPS) is 19.3. The molecular weight excluding hydrogens is 388 g/mol. The molecule has 3 aromatic rings. The van der Waals surface area contributed by atoms with E-state index in [0.29, 0.717) is 26.9 Å². The van der Waals surface area contributed by atoms with Crippen molar-refractivity contribution in [1.29, 1.82) is 0 Å². The van der Waals surface area contributed by atoms with Crippen LogP contribution in [-0.2, 0) is 0 Å². The van der Waals surface area contributed by atoms with Gasteiger partial charge in [-0.05, 0) is 44.6 Å². The maximum absolute atomic E-state index is 13.0. The van der Waals surface area contributed by atoms with Crippen molar-refractivity contribution < 1.29 is 9.59 Å². The molecule has 3 amide bonds. The standard InChI is InChI=1S/C20H20N6O2S/c1-25-10-4-5-12(11-25)23-18(27)17-16-15-13(7-9-22-19(15)29-17)26(20(28)24-16)14-6-2-3-8-21-14/h2-3,6-9,12H,4-5,10-11H2,1H3,(H,23,27)(H,24,28)/t12-/m1/s1. The van der Waals surface area contributed by atoms with Crippen LogP contribution in [0.2, 0.25) is 0 Å². The molecule has 9 heteroatoms. The second-order valence-corrected chi connectivity index (χ2v) is 8.34. The number of hydrogen-bond acceptors (Lipinski definition) is 6. The van der Waals surface area contributed by atoms with Crippen LogP contribution in [0, 0.1) is 0 Å². The number of aromatic nitrogens is 2. The average molecular weight is 408 g/mol. The summed E-state index contributed by atoms with van der Waals surface area (Å²) >= 11 is 1.30. The van der Waals surface area contributed by atoms with Crippen molar-refractivity contribution in [2.45, 2.75) is 18.9 Å². The highest BCUT2D eigenvalue weighted by Crippen LogP contribution is 2.45. The first kappa shape index (κ1) is 18.0. The van der Waals surface area contributed by atoms with E-state index in [1.165, 1.54) is 16.2 Å². The van der Waals surface area contributed by atoms with Crippen LogP contribution in [0.4, 0.5) is 22.0 Å². The minimum absolute atomic E-state index is 0.107. The number of likely N-dealkylation sites (N-methyl/N-ethyl adjacent to an activating group) is 1. The predicted molar refractivity (Wildman–Crippen MR) is 113 cm³/mol. The van der Waals surface area contributed by atoms with Gasteiger partial charge in [0, 0.05) is 25.0 Å². The Morgan fingerprint density at radius 3 is 2.97 bits per heavy atom. The van der Waals surface area contributed by atoms with E-state index in [1.807, 2.05) is 6.07 Å². The summed E-state index contributed by atoms with van der Waals surface area (Å²) < 4.78 is 0. The Bertz CT molecular complexity index is 1100. The van der Waals surface area contributed by atoms with E-state index in [4.69, 9.17) is 0 Å². The van der Waals surface area contributed by atoms with Crippen LogP contribution < -0.4 is 15.5 Å². The largest absolute Gasteiger partial charge is 0.347 e. The van der Waals surface area contributed by atoms with Crippen molar-refractivity contribution in [1.82, 2.24) is 20.2 Å². The number of thiophene rings is 1. The van der Waals surface area contributed by atoms with E-state index < -0.39 is 0 Å². The number of carbonyl (C=O) groups excluding carboxylic acids is 2. The van der Waals surface area contributed by atoms with E-state index in [1.54, 1.807) is 30.6 Å². The number of urea groups is 1. The molecule has 1 saturated heterocycles. The van der Waals surface area contributed by atoms with Crippen molar-refractivity contribution in [3.63, 3.8) is 0 Å². The molecule has 0 radical (unpaired) electrons. The summed E-state index contributed by atoms with van der Waals surface area (Å²) in [5.41, 5.74) is 1.21. The molecule has 0 spiro atoms. The van der Waals surface area contributed by atoms with E-state index in [9.17, 15) is 9.59 Å². The number of nitrogens with one attached hydrogen (secondary N) is 2. The van der Waals surface area contributed by atoms with E-state index in [-0.39, 0.29) is 18.0 Å². The first-order valence-electron chi connectivity index (χ1n) is 9.55. The molecule has 3 aromatic heterocycles. The van der Waals surface area contributed by atoms with Gasteiger partial charge in [-0.15, -0.1) is 11.3 Å². The number of nitrogens with zero attached hydrogens (tertiary/aromatic N) is 4. The molecule has 2 aliphatic rings. The Morgan fingerprint density at radius 2 is 2.17 bits per heavy atom. The molecule has 5 rings (SSSR count). The number of pyridine rings is 2. The molecule has 29 heavy (non-hydrogen) atoms.